The number of benzene rings is 1. The first-order chi connectivity index (χ1) is 8.90. The molecule has 100 valence electrons. The number of carboxylic acids is 1. The number of pyridine rings is 1. The fraction of sp³-hybridized carbons (Fsp3) is 0.286. The van der Waals surface area contributed by atoms with Crippen molar-refractivity contribution in [3.8, 4) is 0 Å². The van der Waals surface area contributed by atoms with Gasteiger partial charge in [-0.3, -0.25) is 9.59 Å². The van der Waals surface area contributed by atoms with Crippen molar-refractivity contribution >= 4 is 16.9 Å². The second kappa shape index (κ2) is 4.84. The highest BCUT2D eigenvalue weighted by Crippen LogP contribution is 2.16. The third-order valence-electron chi connectivity index (χ3n) is 3.21. The van der Waals surface area contributed by atoms with E-state index >= 15 is 0 Å². The van der Waals surface area contributed by atoms with Gasteiger partial charge in [0.2, 0.25) is 0 Å². The van der Waals surface area contributed by atoms with Crippen molar-refractivity contribution in [2.24, 2.45) is 13.0 Å². The molecule has 1 aromatic heterocycles. The lowest BCUT2D eigenvalue weighted by molar-refractivity contribution is -0.141. The van der Waals surface area contributed by atoms with Gasteiger partial charge in [0.25, 0.3) is 5.56 Å². The number of rotatable bonds is 3. The Kier molecular flexibility index (Phi) is 3.38. The molecule has 4 nitrogen and oxygen atoms in total. The summed E-state index contributed by atoms with van der Waals surface area (Å²) in [5.41, 5.74) is 0.765. The lowest BCUT2D eigenvalue weighted by Crippen LogP contribution is -2.24. The quantitative estimate of drug-likeness (QED) is 0.920. The molecule has 0 radical (unpaired) electrons. The summed E-state index contributed by atoms with van der Waals surface area (Å²) in [4.78, 5) is 23.0. The number of hydrogen-bond acceptors (Lipinski definition) is 2. The summed E-state index contributed by atoms with van der Waals surface area (Å²) < 4.78 is 14.6. The van der Waals surface area contributed by atoms with Crippen molar-refractivity contribution in [3.63, 3.8) is 0 Å². The minimum Gasteiger partial charge on any atom is -0.481 e. The third-order valence-corrected chi connectivity index (χ3v) is 3.21. The normalized spacial score (nSPS) is 12.6. The molecule has 0 aliphatic rings. The Labute approximate surface area is 109 Å². The van der Waals surface area contributed by atoms with E-state index in [0.717, 1.165) is 0 Å². The summed E-state index contributed by atoms with van der Waals surface area (Å²) >= 11 is 0. The SMILES string of the molecule is CC(Cc1cc2cc(F)ccc2n(C)c1=O)C(=O)O. The van der Waals surface area contributed by atoms with Gasteiger partial charge >= 0.3 is 5.97 Å². The van der Waals surface area contributed by atoms with Crippen LogP contribution in [0, 0.1) is 11.7 Å². The zero-order chi connectivity index (χ0) is 14.2. The van der Waals surface area contributed by atoms with Crippen LogP contribution in [0.3, 0.4) is 0 Å². The molecule has 0 fully saturated rings. The maximum Gasteiger partial charge on any atom is 0.306 e. The monoisotopic (exact) mass is 263 g/mol. The summed E-state index contributed by atoms with van der Waals surface area (Å²) in [6.45, 7) is 1.54. The molecule has 1 aromatic carbocycles. The largest absolute Gasteiger partial charge is 0.481 e. The second-order valence-electron chi connectivity index (χ2n) is 4.68. The number of nitrogens with zero attached hydrogens (tertiary/aromatic N) is 1. The Morgan fingerprint density at radius 2 is 2.11 bits per heavy atom. The minimum absolute atomic E-state index is 0.133. The van der Waals surface area contributed by atoms with Crippen LogP contribution in [0.5, 0.6) is 0 Å². The summed E-state index contributed by atoms with van der Waals surface area (Å²) in [5, 5.41) is 9.48. The van der Waals surface area contributed by atoms with Gasteiger partial charge in [-0.1, -0.05) is 6.92 Å². The minimum atomic E-state index is -0.957. The van der Waals surface area contributed by atoms with Crippen LogP contribution in [0.1, 0.15) is 12.5 Å². The lowest BCUT2D eigenvalue weighted by atomic mass is 10.0. The van der Waals surface area contributed by atoms with Crippen LogP contribution in [0.4, 0.5) is 4.39 Å². The first kappa shape index (κ1) is 13.3. The molecule has 0 aliphatic carbocycles. The third kappa shape index (κ3) is 2.50. The molecule has 0 spiro atoms. The number of aliphatic carboxylic acids is 1. The molecule has 1 unspecified atom stereocenters. The number of hydrogen-bond donors (Lipinski definition) is 1. The van der Waals surface area contributed by atoms with Crippen LogP contribution in [-0.4, -0.2) is 15.6 Å². The number of halogens is 1. The highest BCUT2D eigenvalue weighted by molar-refractivity contribution is 5.80. The van der Waals surface area contributed by atoms with E-state index in [1.165, 1.54) is 29.7 Å². The van der Waals surface area contributed by atoms with E-state index in [9.17, 15) is 14.0 Å². The van der Waals surface area contributed by atoms with Crippen LogP contribution in [0.25, 0.3) is 10.9 Å². The van der Waals surface area contributed by atoms with Gasteiger partial charge in [0.15, 0.2) is 0 Å². The van der Waals surface area contributed by atoms with E-state index in [-0.39, 0.29) is 17.8 Å². The highest BCUT2D eigenvalue weighted by atomic mass is 19.1. The van der Waals surface area contributed by atoms with Crippen LogP contribution < -0.4 is 5.56 Å². The second-order valence-corrected chi connectivity index (χ2v) is 4.68. The molecule has 0 saturated heterocycles. The summed E-state index contributed by atoms with van der Waals surface area (Å²) in [7, 11) is 1.59. The van der Waals surface area contributed by atoms with Gasteiger partial charge in [0.05, 0.1) is 11.4 Å². The van der Waals surface area contributed by atoms with Crippen molar-refractivity contribution in [2.45, 2.75) is 13.3 Å². The molecule has 0 bridgehead atoms. The van der Waals surface area contributed by atoms with Crippen molar-refractivity contribution in [2.75, 3.05) is 0 Å². The van der Waals surface area contributed by atoms with E-state index in [0.29, 0.717) is 16.5 Å². The maximum absolute atomic E-state index is 13.2. The fourth-order valence-electron chi connectivity index (χ4n) is 2.08. The van der Waals surface area contributed by atoms with Gasteiger partial charge in [-0.05, 0) is 30.7 Å². The van der Waals surface area contributed by atoms with E-state index in [1.807, 2.05) is 0 Å². The number of carboxylic acid groups (broad SMARTS) is 1. The Balaban J connectivity index is 2.59. The molecule has 1 N–H and O–H groups in total. The number of carbonyl (C=O) groups is 1. The molecule has 0 amide bonds. The van der Waals surface area contributed by atoms with Crippen molar-refractivity contribution in [3.05, 3.63) is 46.0 Å². The summed E-state index contributed by atoms with van der Waals surface area (Å²) in [6, 6.07) is 5.74. The van der Waals surface area contributed by atoms with Crippen molar-refractivity contribution in [1.29, 1.82) is 0 Å². The Morgan fingerprint density at radius 3 is 2.74 bits per heavy atom. The number of fused-ring (bicyclic) bond motifs is 1. The van der Waals surface area contributed by atoms with Gasteiger partial charge in [-0.15, -0.1) is 0 Å². The van der Waals surface area contributed by atoms with E-state index in [4.69, 9.17) is 5.11 Å². The number of aromatic nitrogens is 1. The van der Waals surface area contributed by atoms with Crippen LogP contribution in [-0.2, 0) is 18.3 Å². The van der Waals surface area contributed by atoms with E-state index in [1.54, 1.807) is 13.1 Å². The van der Waals surface area contributed by atoms with Gasteiger partial charge in [0.1, 0.15) is 5.82 Å². The Morgan fingerprint density at radius 1 is 1.42 bits per heavy atom. The van der Waals surface area contributed by atoms with Crippen molar-refractivity contribution in [1.82, 2.24) is 4.57 Å². The first-order valence-electron chi connectivity index (χ1n) is 5.91. The molecular weight excluding hydrogens is 249 g/mol. The zero-order valence-electron chi connectivity index (χ0n) is 10.7. The standard InChI is InChI=1S/C14H14FNO3/c1-8(14(18)19)5-10-6-9-7-11(15)3-4-12(9)16(2)13(10)17/h3-4,6-8H,5H2,1-2H3,(H,18,19). The smallest absolute Gasteiger partial charge is 0.306 e. The first-order valence-corrected chi connectivity index (χ1v) is 5.91. The molecule has 0 aliphatic heterocycles. The molecule has 1 heterocycles. The van der Waals surface area contributed by atoms with Gasteiger partial charge < -0.3 is 9.67 Å². The summed E-state index contributed by atoms with van der Waals surface area (Å²) in [6.07, 6.45) is 0.133. The maximum atomic E-state index is 13.2. The molecule has 0 saturated carbocycles. The zero-order valence-corrected chi connectivity index (χ0v) is 10.7. The predicted molar refractivity (Wildman–Crippen MR) is 69.7 cm³/mol. The molecule has 19 heavy (non-hydrogen) atoms. The van der Waals surface area contributed by atoms with Gasteiger partial charge in [-0.25, -0.2) is 4.39 Å². The molecule has 1 atom stereocenters. The van der Waals surface area contributed by atoms with Crippen LogP contribution >= 0.6 is 0 Å². The average molecular weight is 263 g/mol. The molecule has 5 heteroatoms. The van der Waals surface area contributed by atoms with E-state index in [2.05, 4.69) is 0 Å². The average Bonchev–Trinajstić information content (AvgIpc) is 2.35. The summed E-state index contributed by atoms with van der Waals surface area (Å²) in [5.74, 6) is -2.00. The van der Waals surface area contributed by atoms with Crippen LogP contribution in [0.15, 0.2) is 29.1 Å². The topological polar surface area (TPSA) is 59.3 Å². The Hall–Kier alpha value is -2.17. The Bertz CT molecular complexity index is 706. The van der Waals surface area contributed by atoms with Crippen molar-refractivity contribution < 1.29 is 14.3 Å². The lowest BCUT2D eigenvalue weighted by Gasteiger charge is -2.10. The molecule has 2 aromatic rings. The van der Waals surface area contributed by atoms with E-state index < -0.39 is 11.9 Å². The van der Waals surface area contributed by atoms with Crippen LogP contribution in [0.2, 0.25) is 0 Å². The highest BCUT2D eigenvalue weighted by Gasteiger charge is 2.15. The predicted octanol–water partition coefficient (Wildman–Crippen LogP) is 1.94. The molecular formula is C14H14FNO3. The fourth-order valence-corrected chi connectivity index (χ4v) is 2.08. The number of aryl methyl sites for hydroxylation is 1. The van der Waals surface area contributed by atoms with Gasteiger partial charge in [0, 0.05) is 18.0 Å². The van der Waals surface area contributed by atoms with Gasteiger partial charge in [-0.2, -0.15) is 0 Å². The molecule has 2 rings (SSSR count).